The molecule has 17 heavy (non-hydrogen) atoms. The van der Waals surface area contributed by atoms with Crippen molar-refractivity contribution in [1.82, 2.24) is 10.3 Å². The zero-order chi connectivity index (χ0) is 12.1. The van der Waals surface area contributed by atoms with E-state index in [1.54, 1.807) is 12.1 Å². The van der Waals surface area contributed by atoms with Crippen molar-refractivity contribution in [3.63, 3.8) is 0 Å². The summed E-state index contributed by atoms with van der Waals surface area (Å²) in [6.07, 6.45) is 5.25. The lowest BCUT2D eigenvalue weighted by Crippen LogP contribution is -2.39. The second kappa shape index (κ2) is 5.63. The molecule has 0 aliphatic carbocycles. The van der Waals surface area contributed by atoms with Crippen LogP contribution in [-0.4, -0.2) is 30.0 Å². The minimum absolute atomic E-state index is 0.436. The van der Waals surface area contributed by atoms with Gasteiger partial charge in [-0.1, -0.05) is 6.42 Å². The number of primary amides is 1. The standard InChI is InChI=1S/C12H18N4O/c13-12(17)9-4-5-11(15-7-9)16-8-10-3-1-2-6-14-10/h4-5,7,10,14H,1-3,6,8H2,(H2,13,17)(H,15,16). The van der Waals surface area contributed by atoms with Crippen LogP contribution in [0.15, 0.2) is 18.3 Å². The van der Waals surface area contributed by atoms with Crippen LogP contribution in [0.1, 0.15) is 29.6 Å². The van der Waals surface area contributed by atoms with Crippen molar-refractivity contribution >= 4 is 11.7 Å². The van der Waals surface area contributed by atoms with E-state index >= 15 is 0 Å². The summed E-state index contributed by atoms with van der Waals surface area (Å²) in [5.74, 6) is 0.334. The van der Waals surface area contributed by atoms with Crippen LogP contribution in [0, 0.1) is 0 Å². The number of nitrogens with one attached hydrogen (secondary N) is 2. The molecule has 1 fully saturated rings. The number of nitrogens with two attached hydrogens (primary N) is 1. The van der Waals surface area contributed by atoms with E-state index in [0.717, 1.165) is 18.9 Å². The summed E-state index contributed by atoms with van der Waals surface area (Å²) in [5.41, 5.74) is 5.58. The summed E-state index contributed by atoms with van der Waals surface area (Å²) < 4.78 is 0. The Hall–Kier alpha value is -1.62. The third kappa shape index (κ3) is 3.42. The molecule has 5 nitrogen and oxygen atoms in total. The fourth-order valence-electron chi connectivity index (χ4n) is 1.97. The zero-order valence-corrected chi connectivity index (χ0v) is 9.78. The first-order valence-electron chi connectivity index (χ1n) is 5.99. The summed E-state index contributed by atoms with van der Waals surface area (Å²) in [6.45, 7) is 1.96. The molecule has 1 aliphatic heterocycles. The SMILES string of the molecule is NC(=O)c1ccc(NCC2CCCCN2)nc1. The minimum atomic E-state index is -0.446. The first kappa shape index (κ1) is 11.9. The zero-order valence-electron chi connectivity index (χ0n) is 9.78. The van der Waals surface area contributed by atoms with E-state index in [1.807, 2.05) is 0 Å². The molecule has 0 saturated carbocycles. The van der Waals surface area contributed by atoms with Gasteiger partial charge in [0.25, 0.3) is 0 Å². The number of carbonyl (C=O) groups is 1. The molecule has 1 saturated heterocycles. The highest BCUT2D eigenvalue weighted by atomic mass is 16.1. The van der Waals surface area contributed by atoms with E-state index in [-0.39, 0.29) is 0 Å². The van der Waals surface area contributed by atoms with Crippen molar-refractivity contribution in [2.45, 2.75) is 25.3 Å². The summed E-state index contributed by atoms with van der Waals surface area (Å²) in [5, 5.41) is 6.71. The molecular weight excluding hydrogens is 216 g/mol. The molecule has 92 valence electrons. The summed E-state index contributed by atoms with van der Waals surface area (Å²) in [4.78, 5) is 15.0. The molecule has 0 radical (unpaired) electrons. The van der Waals surface area contributed by atoms with E-state index in [2.05, 4.69) is 15.6 Å². The molecule has 0 bridgehead atoms. The predicted molar refractivity (Wildman–Crippen MR) is 66.9 cm³/mol. The number of anilines is 1. The molecule has 1 aromatic heterocycles. The van der Waals surface area contributed by atoms with Crippen molar-refractivity contribution in [3.8, 4) is 0 Å². The van der Waals surface area contributed by atoms with Gasteiger partial charge >= 0.3 is 0 Å². The Morgan fingerprint density at radius 1 is 1.53 bits per heavy atom. The van der Waals surface area contributed by atoms with Crippen LogP contribution >= 0.6 is 0 Å². The smallest absolute Gasteiger partial charge is 0.250 e. The van der Waals surface area contributed by atoms with Gasteiger partial charge in [0.05, 0.1) is 5.56 Å². The molecule has 1 aromatic rings. The highest BCUT2D eigenvalue weighted by Gasteiger charge is 2.11. The highest BCUT2D eigenvalue weighted by Crippen LogP contribution is 2.09. The van der Waals surface area contributed by atoms with Crippen LogP contribution in [0.2, 0.25) is 0 Å². The predicted octanol–water partition coefficient (Wildman–Crippen LogP) is 0.734. The molecule has 5 heteroatoms. The fraction of sp³-hybridized carbons (Fsp3) is 0.500. The fourth-order valence-corrected chi connectivity index (χ4v) is 1.97. The lowest BCUT2D eigenvalue weighted by molar-refractivity contribution is 0.1000. The van der Waals surface area contributed by atoms with Crippen molar-refractivity contribution < 1.29 is 4.79 Å². The van der Waals surface area contributed by atoms with Gasteiger partial charge in [-0.15, -0.1) is 0 Å². The lowest BCUT2D eigenvalue weighted by atomic mass is 10.1. The Morgan fingerprint density at radius 2 is 2.41 bits per heavy atom. The first-order chi connectivity index (χ1) is 8.25. The van der Waals surface area contributed by atoms with Crippen LogP contribution in [-0.2, 0) is 0 Å². The van der Waals surface area contributed by atoms with Crippen LogP contribution in [0.3, 0.4) is 0 Å². The van der Waals surface area contributed by atoms with Gasteiger partial charge in [0, 0.05) is 18.8 Å². The minimum Gasteiger partial charge on any atom is -0.369 e. The maximum atomic E-state index is 10.9. The van der Waals surface area contributed by atoms with E-state index in [0.29, 0.717) is 11.6 Å². The number of hydrogen-bond acceptors (Lipinski definition) is 4. The van der Waals surface area contributed by atoms with E-state index < -0.39 is 5.91 Å². The number of pyridine rings is 1. The third-order valence-electron chi connectivity index (χ3n) is 2.99. The lowest BCUT2D eigenvalue weighted by Gasteiger charge is -2.23. The van der Waals surface area contributed by atoms with Gasteiger partial charge in [-0.05, 0) is 31.5 Å². The molecule has 2 rings (SSSR count). The topological polar surface area (TPSA) is 80.0 Å². The number of rotatable bonds is 4. The maximum absolute atomic E-state index is 10.9. The van der Waals surface area contributed by atoms with Crippen LogP contribution in [0.4, 0.5) is 5.82 Å². The van der Waals surface area contributed by atoms with Gasteiger partial charge in [-0.2, -0.15) is 0 Å². The Bertz CT molecular complexity index is 371. The molecule has 1 atom stereocenters. The monoisotopic (exact) mass is 234 g/mol. The Balaban J connectivity index is 1.84. The molecule has 2 heterocycles. The van der Waals surface area contributed by atoms with Crippen molar-refractivity contribution in [2.75, 3.05) is 18.4 Å². The Morgan fingerprint density at radius 3 is 3.00 bits per heavy atom. The summed E-state index contributed by atoms with van der Waals surface area (Å²) in [6, 6.07) is 3.98. The van der Waals surface area contributed by atoms with E-state index in [9.17, 15) is 4.79 Å². The van der Waals surface area contributed by atoms with Crippen molar-refractivity contribution in [3.05, 3.63) is 23.9 Å². The number of hydrogen-bond donors (Lipinski definition) is 3. The second-order valence-corrected chi connectivity index (χ2v) is 4.32. The van der Waals surface area contributed by atoms with E-state index in [1.165, 1.54) is 25.5 Å². The largest absolute Gasteiger partial charge is 0.369 e. The number of aromatic nitrogens is 1. The van der Waals surface area contributed by atoms with Crippen LogP contribution in [0.25, 0.3) is 0 Å². The summed E-state index contributed by atoms with van der Waals surface area (Å²) in [7, 11) is 0. The number of piperidine rings is 1. The quantitative estimate of drug-likeness (QED) is 0.717. The third-order valence-corrected chi connectivity index (χ3v) is 2.99. The Labute approximate surface area is 101 Å². The number of carbonyl (C=O) groups excluding carboxylic acids is 1. The molecular formula is C12H18N4O. The van der Waals surface area contributed by atoms with Crippen LogP contribution in [0.5, 0.6) is 0 Å². The second-order valence-electron chi connectivity index (χ2n) is 4.32. The van der Waals surface area contributed by atoms with Gasteiger partial charge < -0.3 is 16.4 Å². The maximum Gasteiger partial charge on any atom is 0.250 e. The molecule has 0 aromatic carbocycles. The first-order valence-corrected chi connectivity index (χ1v) is 5.99. The van der Waals surface area contributed by atoms with Gasteiger partial charge in [0.2, 0.25) is 5.91 Å². The van der Waals surface area contributed by atoms with Gasteiger partial charge in [0.15, 0.2) is 0 Å². The summed E-state index contributed by atoms with van der Waals surface area (Å²) >= 11 is 0. The Kier molecular flexibility index (Phi) is 3.93. The highest BCUT2D eigenvalue weighted by molar-refractivity contribution is 5.92. The number of amides is 1. The van der Waals surface area contributed by atoms with Gasteiger partial charge in [-0.25, -0.2) is 4.98 Å². The average Bonchev–Trinajstić information content (AvgIpc) is 2.38. The molecule has 1 unspecified atom stereocenters. The molecule has 4 N–H and O–H groups in total. The molecule has 1 aliphatic rings. The van der Waals surface area contributed by atoms with Crippen LogP contribution < -0.4 is 16.4 Å². The number of nitrogens with zero attached hydrogens (tertiary/aromatic N) is 1. The molecule has 0 spiro atoms. The van der Waals surface area contributed by atoms with Crippen molar-refractivity contribution in [1.29, 1.82) is 0 Å². The molecule has 1 amide bonds. The average molecular weight is 234 g/mol. The van der Waals surface area contributed by atoms with Gasteiger partial charge in [-0.3, -0.25) is 4.79 Å². The normalized spacial score (nSPS) is 19.9. The van der Waals surface area contributed by atoms with Gasteiger partial charge in [0.1, 0.15) is 5.82 Å². The van der Waals surface area contributed by atoms with E-state index in [4.69, 9.17) is 5.73 Å². The van der Waals surface area contributed by atoms with Crippen molar-refractivity contribution in [2.24, 2.45) is 5.73 Å².